The molecule has 3 aromatic heterocycles. The van der Waals surface area contributed by atoms with Crippen LogP contribution in [0.4, 0.5) is 8.78 Å². The number of hydrogen-bond acceptors (Lipinski definition) is 8. The van der Waals surface area contributed by atoms with E-state index in [9.17, 15) is 17.2 Å². The molecule has 13 heteroatoms. The number of hydrogen-bond donors (Lipinski definition) is 1. The first-order valence-electron chi connectivity index (χ1n) is 12.0. The average molecular weight is 539 g/mol. The molecule has 2 bridgehead atoms. The van der Waals surface area contributed by atoms with E-state index in [4.69, 9.17) is 4.98 Å². The molecule has 3 heterocycles. The topological polar surface area (TPSA) is 128 Å². The molecule has 0 spiro atoms. The third-order valence-electron chi connectivity index (χ3n) is 7.92. The molecule has 1 N–H and O–H groups in total. The third-order valence-corrected chi connectivity index (χ3v) is 8.59. The van der Waals surface area contributed by atoms with Gasteiger partial charge < -0.3 is 0 Å². The van der Waals surface area contributed by atoms with Crippen molar-refractivity contribution in [2.45, 2.75) is 44.6 Å². The molecule has 2 aliphatic rings. The lowest BCUT2D eigenvalue weighted by molar-refractivity contribution is 0.242. The van der Waals surface area contributed by atoms with E-state index in [0.29, 0.717) is 0 Å². The fraction of sp³-hybridized carbons (Fsp3) is 0.360. The molecule has 2 atom stereocenters. The zero-order valence-corrected chi connectivity index (χ0v) is 21.7. The molecule has 0 aliphatic heterocycles. The van der Waals surface area contributed by atoms with Gasteiger partial charge in [0.2, 0.25) is 10.0 Å². The summed E-state index contributed by atoms with van der Waals surface area (Å²) in [5, 5.41) is 13.1. The van der Waals surface area contributed by atoms with Gasteiger partial charge >= 0.3 is 0 Å². The number of nitrogens with one attached hydrogen (secondary N) is 1. The van der Waals surface area contributed by atoms with Crippen molar-refractivity contribution in [3.63, 3.8) is 0 Å². The summed E-state index contributed by atoms with van der Waals surface area (Å²) >= 11 is 0. The van der Waals surface area contributed by atoms with Gasteiger partial charge in [0.25, 0.3) is 5.95 Å². The van der Waals surface area contributed by atoms with Crippen molar-refractivity contribution in [3.8, 4) is 17.2 Å². The Balaban J connectivity index is 1.41. The van der Waals surface area contributed by atoms with Gasteiger partial charge in [-0.25, -0.2) is 36.9 Å². The van der Waals surface area contributed by atoms with E-state index in [1.165, 1.54) is 29.2 Å². The fourth-order valence-corrected chi connectivity index (χ4v) is 6.51. The highest BCUT2D eigenvalue weighted by Crippen LogP contribution is 2.69. The summed E-state index contributed by atoms with van der Waals surface area (Å²) in [4.78, 5) is 13.3. The van der Waals surface area contributed by atoms with Crippen LogP contribution in [0.15, 0.2) is 42.9 Å². The summed E-state index contributed by atoms with van der Waals surface area (Å²) in [5.74, 6) is -0.721. The van der Waals surface area contributed by atoms with Gasteiger partial charge in [0.05, 0.1) is 40.9 Å². The lowest BCUT2D eigenvalue weighted by atomic mass is 9.66. The molecule has 1 saturated carbocycles. The SMILES string of the molecule is CC1(C)[C@H]2CC[C@]1(c1ccnc(-n3cnc(CNS(C)(=O)=O)n3)n1)c1nnc(-c3c(F)cccc3F)cc12. The molecule has 2 aliphatic carbocycles. The van der Waals surface area contributed by atoms with Gasteiger partial charge in [0.1, 0.15) is 18.0 Å². The van der Waals surface area contributed by atoms with Gasteiger partial charge in [-0.3, -0.25) is 0 Å². The van der Waals surface area contributed by atoms with Crippen molar-refractivity contribution in [2.24, 2.45) is 5.41 Å². The Morgan fingerprint density at radius 2 is 1.89 bits per heavy atom. The molecule has 1 fully saturated rings. The summed E-state index contributed by atoms with van der Waals surface area (Å²) in [6.45, 7) is 4.25. The largest absolute Gasteiger partial charge is 0.252 e. The first-order valence-corrected chi connectivity index (χ1v) is 13.9. The normalized spacial score (nSPS) is 21.6. The maximum atomic E-state index is 14.5. The number of sulfonamides is 1. The summed E-state index contributed by atoms with van der Waals surface area (Å²) in [6.07, 6.45) is 5.76. The second-order valence-electron chi connectivity index (χ2n) is 10.3. The van der Waals surface area contributed by atoms with E-state index >= 15 is 0 Å². The van der Waals surface area contributed by atoms with Gasteiger partial charge in [0.15, 0.2) is 5.82 Å². The zero-order valence-electron chi connectivity index (χ0n) is 20.9. The molecular weight excluding hydrogens is 514 g/mol. The molecule has 38 heavy (non-hydrogen) atoms. The molecule has 0 unspecified atom stereocenters. The smallest absolute Gasteiger partial charge is 0.220 e. The second-order valence-corrected chi connectivity index (χ2v) is 12.1. The van der Waals surface area contributed by atoms with Crippen LogP contribution in [-0.2, 0) is 22.0 Å². The third kappa shape index (κ3) is 3.63. The van der Waals surface area contributed by atoms with Crippen molar-refractivity contribution in [1.29, 1.82) is 0 Å². The summed E-state index contributed by atoms with van der Waals surface area (Å²) < 4.78 is 55.6. The van der Waals surface area contributed by atoms with Crippen LogP contribution in [0.2, 0.25) is 0 Å². The van der Waals surface area contributed by atoms with E-state index < -0.39 is 27.1 Å². The Morgan fingerprint density at radius 3 is 2.63 bits per heavy atom. The highest BCUT2D eigenvalue weighted by Gasteiger charge is 2.65. The quantitative estimate of drug-likeness (QED) is 0.397. The first kappa shape index (κ1) is 24.6. The van der Waals surface area contributed by atoms with Crippen LogP contribution in [0.1, 0.15) is 55.4 Å². The zero-order chi connectivity index (χ0) is 26.9. The number of nitrogens with zero attached hydrogens (tertiary/aromatic N) is 7. The van der Waals surface area contributed by atoms with Gasteiger partial charge in [-0.15, -0.1) is 10.2 Å². The number of aromatic nitrogens is 7. The maximum Gasteiger partial charge on any atom is 0.252 e. The van der Waals surface area contributed by atoms with E-state index in [1.807, 2.05) is 6.07 Å². The number of rotatable bonds is 6. The highest BCUT2D eigenvalue weighted by molar-refractivity contribution is 7.88. The Labute approximate surface area is 217 Å². The molecule has 0 saturated heterocycles. The second kappa shape index (κ2) is 8.40. The van der Waals surface area contributed by atoms with Gasteiger partial charge in [0, 0.05) is 6.20 Å². The van der Waals surface area contributed by atoms with Gasteiger partial charge in [-0.1, -0.05) is 19.9 Å². The van der Waals surface area contributed by atoms with Crippen molar-refractivity contribution in [1.82, 2.24) is 39.7 Å². The molecule has 196 valence electrons. The van der Waals surface area contributed by atoms with Crippen LogP contribution in [0, 0.1) is 17.0 Å². The minimum absolute atomic E-state index is 0.0575. The van der Waals surface area contributed by atoms with E-state index in [2.05, 4.69) is 43.8 Å². The molecule has 4 aromatic rings. The Kier molecular flexibility index (Phi) is 5.44. The Bertz CT molecular complexity index is 1670. The number of benzene rings is 1. The monoisotopic (exact) mass is 538 g/mol. The lowest BCUT2D eigenvalue weighted by Crippen LogP contribution is -2.38. The molecule has 1 aromatic carbocycles. The molecule has 10 nitrogen and oxygen atoms in total. The lowest BCUT2D eigenvalue weighted by Gasteiger charge is -2.37. The maximum absolute atomic E-state index is 14.5. The minimum atomic E-state index is -3.39. The molecule has 6 rings (SSSR count). The van der Waals surface area contributed by atoms with Crippen LogP contribution in [0.25, 0.3) is 17.2 Å². The molecular formula is C25H24F2N8O2S. The first-order chi connectivity index (χ1) is 18.0. The van der Waals surface area contributed by atoms with Gasteiger partial charge in [-0.05, 0) is 54.0 Å². The highest BCUT2D eigenvalue weighted by atomic mass is 32.2. The summed E-state index contributed by atoms with van der Waals surface area (Å²) in [6, 6.07) is 7.35. The Hall–Kier alpha value is -3.71. The summed E-state index contributed by atoms with van der Waals surface area (Å²) in [5.41, 5.74) is 1.48. The summed E-state index contributed by atoms with van der Waals surface area (Å²) in [7, 11) is -3.39. The number of fused-ring (bicyclic) bond motifs is 5. The van der Waals surface area contributed by atoms with E-state index in [0.717, 1.165) is 36.0 Å². The van der Waals surface area contributed by atoms with Crippen molar-refractivity contribution in [3.05, 3.63) is 77.3 Å². The average Bonchev–Trinajstić information content (AvgIpc) is 3.50. The van der Waals surface area contributed by atoms with Crippen molar-refractivity contribution < 1.29 is 17.2 Å². The van der Waals surface area contributed by atoms with E-state index in [-0.39, 0.29) is 40.9 Å². The fourth-order valence-electron chi connectivity index (χ4n) is 6.12. The Morgan fingerprint density at radius 1 is 1.13 bits per heavy atom. The predicted octanol–water partition coefficient (Wildman–Crippen LogP) is 3.05. The van der Waals surface area contributed by atoms with Crippen LogP contribution >= 0.6 is 0 Å². The predicted molar refractivity (Wildman–Crippen MR) is 133 cm³/mol. The minimum Gasteiger partial charge on any atom is -0.220 e. The standard InChI is InChI=1S/C25H24F2N8O2S/c1-24(2)15-7-9-25(24,22-14(15)11-18(32-33-22)21-16(26)5-4-6-17(21)27)19-8-10-28-23(31-19)35-13-29-20(34-35)12-30-38(3,36)37/h4-6,8,10-11,13,15,30H,7,9,12H2,1-3H3/t15-,25-/m0/s1. The van der Waals surface area contributed by atoms with Crippen LogP contribution in [-0.4, -0.2) is 49.6 Å². The van der Waals surface area contributed by atoms with Crippen molar-refractivity contribution in [2.75, 3.05) is 6.26 Å². The number of halogens is 2. The molecule has 0 amide bonds. The molecule has 0 radical (unpaired) electrons. The van der Waals surface area contributed by atoms with E-state index in [1.54, 1.807) is 12.3 Å². The van der Waals surface area contributed by atoms with Crippen molar-refractivity contribution >= 4 is 10.0 Å². The van der Waals surface area contributed by atoms with Crippen LogP contribution < -0.4 is 4.72 Å². The van der Waals surface area contributed by atoms with Crippen LogP contribution in [0.3, 0.4) is 0 Å². The van der Waals surface area contributed by atoms with Crippen LogP contribution in [0.5, 0.6) is 0 Å². The van der Waals surface area contributed by atoms with Gasteiger partial charge in [-0.2, -0.15) is 9.78 Å².